The highest BCUT2D eigenvalue weighted by atomic mass is 32.1. The molecule has 0 saturated heterocycles. The number of hydrogen-bond acceptors (Lipinski definition) is 3. The Morgan fingerprint density at radius 1 is 0.929 bits per heavy atom. The number of thiophene rings is 1. The second kappa shape index (κ2) is 9.85. The molecule has 0 aliphatic rings. The third-order valence-electron chi connectivity index (χ3n) is 4.78. The monoisotopic (exact) mass is 397 g/mol. The molecule has 28 heavy (non-hydrogen) atoms. The highest BCUT2D eigenvalue weighted by Crippen LogP contribution is 2.30. The molecule has 2 nitrogen and oxygen atoms in total. The van der Waals surface area contributed by atoms with Gasteiger partial charge in [0.05, 0.1) is 6.10 Å². The van der Waals surface area contributed by atoms with Crippen LogP contribution in [-0.2, 0) is 0 Å². The van der Waals surface area contributed by atoms with Gasteiger partial charge in [-0.15, -0.1) is 11.3 Å². The summed E-state index contributed by atoms with van der Waals surface area (Å²) in [6, 6.07) is 19.7. The van der Waals surface area contributed by atoms with Crippen molar-refractivity contribution in [1.29, 1.82) is 0 Å². The van der Waals surface area contributed by atoms with Gasteiger partial charge in [-0.3, -0.25) is 0 Å². The van der Waals surface area contributed by atoms with Crippen molar-refractivity contribution in [3.63, 3.8) is 0 Å². The van der Waals surface area contributed by atoms with Crippen LogP contribution in [0, 0.1) is 5.82 Å². The van der Waals surface area contributed by atoms with Crippen molar-refractivity contribution in [3.05, 3.63) is 87.9 Å². The van der Waals surface area contributed by atoms with E-state index >= 15 is 0 Å². The van der Waals surface area contributed by atoms with Crippen molar-refractivity contribution in [2.24, 2.45) is 0 Å². The zero-order valence-corrected chi connectivity index (χ0v) is 17.5. The molecule has 0 radical (unpaired) electrons. The Morgan fingerprint density at radius 2 is 1.57 bits per heavy atom. The molecule has 2 aromatic carbocycles. The molecule has 3 rings (SSSR count). The SMILES string of the molecule is CC(C)Oc1ccc([C@@H](CCN[C@H](C)c2cccs2)c2ccc(F)cc2)cc1. The summed E-state index contributed by atoms with van der Waals surface area (Å²) in [7, 11) is 0. The molecule has 1 aromatic heterocycles. The first-order chi connectivity index (χ1) is 13.5. The summed E-state index contributed by atoms with van der Waals surface area (Å²) in [5.74, 6) is 0.880. The molecule has 0 amide bonds. The van der Waals surface area contributed by atoms with Crippen LogP contribution in [0.1, 0.15) is 55.2 Å². The lowest BCUT2D eigenvalue weighted by Gasteiger charge is -2.21. The molecule has 1 N–H and O–H groups in total. The number of rotatable bonds is 9. The Kier molecular flexibility index (Phi) is 7.24. The van der Waals surface area contributed by atoms with Crippen LogP contribution in [0.4, 0.5) is 4.39 Å². The second-order valence-electron chi connectivity index (χ2n) is 7.32. The van der Waals surface area contributed by atoms with Crippen molar-refractivity contribution >= 4 is 11.3 Å². The number of hydrogen-bond donors (Lipinski definition) is 1. The number of benzene rings is 2. The van der Waals surface area contributed by atoms with Gasteiger partial charge in [-0.05, 0) is 80.6 Å². The molecule has 4 heteroatoms. The summed E-state index contributed by atoms with van der Waals surface area (Å²) >= 11 is 1.77. The molecule has 3 aromatic rings. The van der Waals surface area contributed by atoms with Crippen molar-refractivity contribution in [3.8, 4) is 5.75 Å². The van der Waals surface area contributed by atoms with E-state index in [1.54, 1.807) is 23.5 Å². The summed E-state index contributed by atoms with van der Waals surface area (Å²) in [6.07, 6.45) is 1.09. The summed E-state index contributed by atoms with van der Waals surface area (Å²) in [5, 5.41) is 5.72. The highest BCUT2D eigenvalue weighted by Gasteiger charge is 2.16. The van der Waals surface area contributed by atoms with Crippen molar-refractivity contribution < 1.29 is 9.13 Å². The van der Waals surface area contributed by atoms with Gasteiger partial charge in [-0.1, -0.05) is 30.3 Å². The van der Waals surface area contributed by atoms with Gasteiger partial charge >= 0.3 is 0 Å². The zero-order valence-electron chi connectivity index (χ0n) is 16.7. The third-order valence-corrected chi connectivity index (χ3v) is 5.84. The fraction of sp³-hybridized carbons (Fsp3) is 0.333. The lowest BCUT2D eigenvalue weighted by molar-refractivity contribution is 0.242. The van der Waals surface area contributed by atoms with Crippen LogP contribution in [0.5, 0.6) is 5.75 Å². The van der Waals surface area contributed by atoms with E-state index in [0.29, 0.717) is 6.04 Å². The quantitative estimate of drug-likeness (QED) is 0.442. The topological polar surface area (TPSA) is 21.3 Å². The van der Waals surface area contributed by atoms with E-state index in [-0.39, 0.29) is 17.8 Å². The molecule has 2 atom stereocenters. The first-order valence-corrected chi connectivity index (χ1v) is 10.7. The van der Waals surface area contributed by atoms with Gasteiger partial charge in [-0.25, -0.2) is 4.39 Å². The van der Waals surface area contributed by atoms with Gasteiger partial charge in [0.25, 0.3) is 0 Å². The van der Waals surface area contributed by atoms with Crippen LogP contribution in [0.25, 0.3) is 0 Å². The van der Waals surface area contributed by atoms with Crippen LogP contribution in [0.2, 0.25) is 0 Å². The predicted octanol–water partition coefficient (Wildman–Crippen LogP) is 6.55. The fourth-order valence-electron chi connectivity index (χ4n) is 3.35. The Bertz CT molecular complexity index is 828. The van der Waals surface area contributed by atoms with E-state index in [1.807, 2.05) is 38.1 Å². The predicted molar refractivity (Wildman–Crippen MR) is 116 cm³/mol. The van der Waals surface area contributed by atoms with E-state index in [0.717, 1.165) is 24.3 Å². The number of ether oxygens (including phenoxy) is 1. The Hall–Kier alpha value is -2.17. The van der Waals surface area contributed by atoms with Crippen LogP contribution in [-0.4, -0.2) is 12.6 Å². The third kappa shape index (κ3) is 5.66. The van der Waals surface area contributed by atoms with Gasteiger partial charge in [0, 0.05) is 16.8 Å². The number of halogens is 1. The summed E-state index contributed by atoms with van der Waals surface area (Å²) in [4.78, 5) is 1.34. The van der Waals surface area contributed by atoms with Crippen LogP contribution < -0.4 is 10.1 Å². The maximum absolute atomic E-state index is 13.4. The minimum Gasteiger partial charge on any atom is -0.491 e. The summed E-state index contributed by atoms with van der Waals surface area (Å²) in [5.41, 5.74) is 2.35. The summed E-state index contributed by atoms with van der Waals surface area (Å²) < 4.78 is 19.2. The molecule has 0 unspecified atom stereocenters. The lowest BCUT2D eigenvalue weighted by Crippen LogP contribution is -2.21. The van der Waals surface area contributed by atoms with Crippen LogP contribution in [0.3, 0.4) is 0 Å². The maximum atomic E-state index is 13.4. The zero-order chi connectivity index (χ0) is 19.9. The van der Waals surface area contributed by atoms with E-state index in [2.05, 4.69) is 41.9 Å². The number of nitrogens with one attached hydrogen (secondary N) is 1. The van der Waals surface area contributed by atoms with Crippen LogP contribution >= 0.6 is 11.3 Å². The van der Waals surface area contributed by atoms with E-state index < -0.39 is 0 Å². The Labute approximate surface area is 171 Å². The van der Waals surface area contributed by atoms with Gasteiger partial charge in [0.2, 0.25) is 0 Å². The molecular formula is C24H28FNOS. The molecule has 148 valence electrons. The molecule has 0 spiro atoms. The van der Waals surface area contributed by atoms with Gasteiger partial charge in [0.1, 0.15) is 11.6 Å². The van der Waals surface area contributed by atoms with Gasteiger partial charge in [-0.2, -0.15) is 0 Å². The average molecular weight is 398 g/mol. The normalized spacial score (nSPS) is 13.5. The minimum atomic E-state index is -0.201. The molecule has 0 bridgehead atoms. The molecule has 1 heterocycles. The van der Waals surface area contributed by atoms with Gasteiger partial charge < -0.3 is 10.1 Å². The van der Waals surface area contributed by atoms with Crippen LogP contribution in [0.15, 0.2) is 66.0 Å². The molecule has 0 aliphatic carbocycles. The van der Waals surface area contributed by atoms with E-state index in [4.69, 9.17) is 4.74 Å². The van der Waals surface area contributed by atoms with E-state index in [9.17, 15) is 4.39 Å². The van der Waals surface area contributed by atoms with Crippen molar-refractivity contribution in [2.45, 2.75) is 45.3 Å². The van der Waals surface area contributed by atoms with Crippen molar-refractivity contribution in [1.82, 2.24) is 5.32 Å². The second-order valence-corrected chi connectivity index (χ2v) is 8.30. The molecule has 0 aliphatic heterocycles. The maximum Gasteiger partial charge on any atom is 0.123 e. The first kappa shape index (κ1) is 20.6. The highest BCUT2D eigenvalue weighted by molar-refractivity contribution is 7.10. The fourth-order valence-corrected chi connectivity index (χ4v) is 4.11. The Balaban J connectivity index is 1.72. The largest absolute Gasteiger partial charge is 0.491 e. The Morgan fingerprint density at radius 3 is 2.14 bits per heavy atom. The molecule has 0 saturated carbocycles. The van der Waals surface area contributed by atoms with Crippen molar-refractivity contribution in [2.75, 3.05) is 6.54 Å². The van der Waals surface area contributed by atoms with Gasteiger partial charge in [0.15, 0.2) is 0 Å². The average Bonchev–Trinajstić information content (AvgIpc) is 3.21. The summed E-state index contributed by atoms with van der Waals surface area (Å²) in [6.45, 7) is 7.12. The standard InChI is InChI=1S/C24H28FNOS/c1-17(2)27-22-12-8-20(9-13-22)23(19-6-10-21(25)11-7-19)14-15-26-18(3)24-5-4-16-28-24/h4-13,16-18,23,26H,14-15H2,1-3H3/t18-,23+/m1/s1. The molecular weight excluding hydrogens is 369 g/mol. The minimum absolute atomic E-state index is 0.154. The smallest absolute Gasteiger partial charge is 0.123 e. The first-order valence-electron chi connectivity index (χ1n) is 9.82. The molecule has 0 fully saturated rings. The van der Waals surface area contributed by atoms with E-state index in [1.165, 1.54) is 10.4 Å². The lowest BCUT2D eigenvalue weighted by atomic mass is 9.88.